The smallest absolute Gasteiger partial charge is 1.00 e. The summed E-state index contributed by atoms with van der Waals surface area (Å²) in [4.78, 5) is 0. The molecule has 0 amide bonds. The van der Waals surface area contributed by atoms with E-state index in [9.17, 15) is 0 Å². The third kappa shape index (κ3) is 11.5. The first-order valence-corrected chi connectivity index (χ1v) is 10.2. The van der Waals surface area contributed by atoms with Crippen LogP contribution in [0.2, 0.25) is 0 Å². The van der Waals surface area contributed by atoms with Crippen molar-refractivity contribution in [1.82, 2.24) is 0 Å². The van der Waals surface area contributed by atoms with Crippen molar-refractivity contribution in [2.45, 2.75) is 88.4 Å². The van der Waals surface area contributed by atoms with Gasteiger partial charge >= 0.3 is 29.6 Å². The van der Waals surface area contributed by atoms with Crippen LogP contribution in [-0.2, 0) is 6.42 Å². The molecule has 1 rings (SSSR count). The van der Waals surface area contributed by atoms with Crippen LogP contribution in [0.5, 0.6) is 0 Å². The van der Waals surface area contributed by atoms with Gasteiger partial charge in [-0.15, -0.1) is 0 Å². The fourth-order valence-corrected chi connectivity index (χ4v) is 3.77. The van der Waals surface area contributed by atoms with Gasteiger partial charge in [0.1, 0.15) is 0 Å². The minimum Gasteiger partial charge on any atom is -1.00 e. The maximum atomic E-state index is 2.65. The van der Waals surface area contributed by atoms with Crippen molar-refractivity contribution in [3.05, 3.63) is 35.4 Å². The zero-order valence-corrected chi connectivity index (χ0v) is 19.2. The second-order valence-electron chi connectivity index (χ2n) is 6.34. The number of halogens is 1. The van der Waals surface area contributed by atoms with Gasteiger partial charge in [-0.05, 0) is 30.9 Å². The number of hydrogen-bond acceptors (Lipinski definition) is 0. The molecule has 0 aliphatic rings. The molecule has 0 N–H and O–H groups in total. The van der Waals surface area contributed by atoms with E-state index in [1.807, 2.05) is 0 Å². The topological polar surface area (TPSA) is 0 Å². The Labute approximate surface area is 176 Å². The minimum absolute atomic E-state index is 0. The molecule has 1 atom stereocenters. The first-order chi connectivity index (χ1) is 10.2. The second-order valence-corrected chi connectivity index (χ2v) is 8.11. The molecule has 0 aromatic heterocycles. The summed E-state index contributed by atoms with van der Waals surface area (Å²) in [6, 6.07) is 8.83. The fraction of sp³-hybridized carbons (Fsp3) is 0.700. The molecule has 0 aliphatic carbocycles. The normalized spacial score (nSPS) is 12.0. The molecule has 0 radical (unpaired) electrons. The molecule has 22 heavy (non-hydrogen) atoms. The Morgan fingerprint density at radius 1 is 0.909 bits per heavy atom. The number of unbranched alkanes of at least 4 members (excludes halogenated alkanes) is 8. The molecular formula is C20H34INa. The standard InChI is InChI=1S/C20H33I.Na.H/c1-3-4-5-6-7-8-9-10-11-16-20(21)17-19-15-13-12-14-18(19)2;;/h12-15,20H,3-11,16-17H2,1-2H3;;/q;+1;-1. The van der Waals surface area contributed by atoms with E-state index in [1.54, 1.807) is 0 Å². The van der Waals surface area contributed by atoms with Crippen LogP contribution in [0.1, 0.15) is 83.7 Å². The monoisotopic (exact) mass is 424 g/mol. The van der Waals surface area contributed by atoms with Crippen LogP contribution in [-0.4, -0.2) is 3.92 Å². The second kappa shape index (κ2) is 15.5. The van der Waals surface area contributed by atoms with E-state index in [-0.39, 0.29) is 31.0 Å². The van der Waals surface area contributed by atoms with Crippen LogP contribution in [0.4, 0.5) is 0 Å². The van der Waals surface area contributed by atoms with Gasteiger partial charge in [-0.3, -0.25) is 0 Å². The van der Waals surface area contributed by atoms with E-state index in [4.69, 9.17) is 0 Å². The van der Waals surface area contributed by atoms with E-state index in [1.165, 1.54) is 81.8 Å². The first kappa shape index (κ1) is 22.9. The van der Waals surface area contributed by atoms with Crippen molar-refractivity contribution < 1.29 is 31.0 Å². The molecule has 0 saturated carbocycles. The fourth-order valence-electron chi connectivity index (χ4n) is 2.86. The zero-order valence-electron chi connectivity index (χ0n) is 16.0. The van der Waals surface area contributed by atoms with Crippen molar-refractivity contribution in [2.24, 2.45) is 0 Å². The Morgan fingerprint density at radius 3 is 2.05 bits per heavy atom. The van der Waals surface area contributed by atoms with E-state index >= 15 is 0 Å². The van der Waals surface area contributed by atoms with Gasteiger partial charge in [0.25, 0.3) is 0 Å². The van der Waals surface area contributed by atoms with Crippen LogP contribution in [0, 0.1) is 6.92 Å². The van der Waals surface area contributed by atoms with E-state index in [2.05, 4.69) is 60.7 Å². The van der Waals surface area contributed by atoms with Gasteiger partial charge in [-0.25, -0.2) is 0 Å². The van der Waals surface area contributed by atoms with Crippen LogP contribution in [0.15, 0.2) is 24.3 Å². The molecule has 122 valence electrons. The summed E-state index contributed by atoms with van der Waals surface area (Å²) >= 11 is 2.65. The van der Waals surface area contributed by atoms with Crippen molar-refractivity contribution in [1.29, 1.82) is 0 Å². The Morgan fingerprint density at radius 2 is 1.45 bits per heavy atom. The largest absolute Gasteiger partial charge is 1.00 e. The van der Waals surface area contributed by atoms with Crippen LogP contribution < -0.4 is 29.6 Å². The Kier molecular flexibility index (Phi) is 16.1. The van der Waals surface area contributed by atoms with Gasteiger partial charge in [-0.1, -0.05) is 112 Å². The van der Waals surface area contributed by atoms with Gasteiger partial charge < -0.3 is 1.43 Å². The van der Waals surface area contributed by atoms with Gasteiger partial charge in [0.2, 0.25) is 0 Å². The summed E-state index contributed by atoms with van der Waals surface area (Å²) in [5.41, 5.74) is 2.99. The van der Waals surface area contributed by atoms with E-state index in [0.717, 1.165) is 3.92 Å². The molecule has 0 aliphatic heterocycles. The summed E-state index contributed by atoms with van der Waals surface area (Å²) in [6.45, 7) is 4.52. The first-order valence-electron chi connectivity index (χ1n) is 8.92. The molecule has 0 nitrogen and oxygen atoms in total. The van der Waals surface area contributed by atoms with Gasteiger partial charge in [0.05, 0.1) is 0 Å². The SMILES string of the molecule is CCCCCCCCCCCC(I)Cc1ccccc1C.[H-].[Na+]. The number of alkyl halides is 1. The predicted octanol–water partition coefficient (Wildman–Crippen LogP) is 4.38. The van der Waals surface area contributed by atoms with Gasteiger partial charge in [-0.2, -0.15) is 0 Å². The molecule has 0 saturated heterocycles. The quantitative estimate of drug-likeness (QED) is 0.202. The molecule has 0 bridgehead atoms. The number of benzene rings is 1. The number of rotatable bonds is 12. The van der Waals surface area contributed by atoms with Crippen LogP contribution in [0.3, 0.4) is 0 Å². The molecule has 0 fully saturated rings. The summed E-state index contributed by atoms with van der Waals surface area (Å²) in [5.74, 6) is 0. The molecule has 1 aromatic rings. The van der Waals surface area contributed by atoms with Crippen molar-refractivity contribution in [3.63, 3.8) is 0 Å². The summed E-state index contributed by atoms with van der Waals surface area (Å²) in [7, 11) is 0. The third-order valence-electron chi connectivity index (χ3n) is 4.32. The minimum atomic E-state index is 0. The summed E-state index contributed by atoms with van der Waals surface area (Å²) in [5, 5.41) is 0. The number of aryl methyl sites for hydroxylation is 1. The maximum Gasteiger partial charge on any atom is 1.00 e. The Balaban J connectivity index is 0. The summed E-state index contributed by atoms with van der Waals surface area (Å²) < 4.78 is 0.799. The third-order valence-corrected chi connectivity index (χ3v) is 5.39. The molecule has 1 unspecified atom stereocenters. The van der Waals surface area contributed by atoms with Crippen LogP contribution in [0.25, 0.3) is 0 Å². The molecule has 1 aromatic carbocycles. The van der Waals surface area contributed by atoms with Gasteiger partial charge in [0.15, 0.2) is 0 Å². The maximum absolute atomic E-state index is 2.65. The van der Waals surface area contributed by atoms with Crippen LogP contribution >= 0.6 is 22.6 Å². The Hall–Kier alpha value is 0.950. The van der Waals surface area contributed by atoms with E-state index < -0.39 is 0 Å². The Bertz CT molecular complexity index is 370. The summed E-state index contributed by atoms with van der Waals surface area (Å²) in [6.07, 6.45) is 15.5. The average Bonchev–Trinajstić information content (AvgIpc) is 2.48. The van der Waals surface area contributed by atoms with Crippen molar-refractivity contribution >= 4 is 22.6 Å². The molecular weight excluding hydrogens is 390 g/mol. The molecule has 0 heterocycles. The molecule has 0 spiro atoms. The van der Waals surface area contributed by atoms with Crippen molar-refractivity contribution in [3.8, 4) is 0 Å². The average molecular weight is 424 g/mol. The predicted molar refractivity (Wildman–Crippen MR) is 106 cm³/mol. The van der Waals surface area contributed by atoms with Gasteiger partial charge in [0, 0.05) is 3.92 Å². The van der Waals surface area contributed by atoms with E-state index in [0.29, 0.717) is 0 Å². The zero-order chi connectivity index (χ0) is 15.3. The number of hydrogen-bond donors (Lipinski definition) is 0. The van der Waals surface area contributed by atoms with Crippen molar-refractivity contribution in [2.75, 3.05) is 0 Å². The molecule has 2 heteroatoms.